The highest BCUT2D eigenvalue weighted by atomic mass is 16.4. The van der Waals surface area contributed by atoms with Crippen molar-refractivity contribution in [3.05, 3.63) is 17.5 Å². The Kier molecular flexibility index (Phi) is 3.93. The maximum atomic E-state index is 10.8. The normalized spacial score (nSPS) is 13.7. The number of aryl methyl sites for hydroxylation is 1. The van der Waals surface area contributed by atoms with Crippen LogP contribution in [0.2, 0.25) is 0 Å². The molecule has 0 spiro atoms. The van der Waals surface area contributed by atoms with Crippen LogP contribution in [-0.4, -0.2) is 27.4 Å². The molecule has 0 saturated heterocycles. The van der Waals surface area contributed by atoms with Crippen molar-refractivity contribution in [3.8, 4) is 0 Å². The molecule has 3 N–H and O–H groups in total. The lowest BCUT2D eigenvalue weighted by atomic mass is 9.91. The van der Waals surface area contributed by atoms with Crippen molar-refractivity contribution in [2.24, 2.45) is 12.8 Å². The van der Waals surface area contributed by atoms with Gasteiger partial charge in [-0.05, 0) is 6.07 Å². The number of carboxylic acids is 1. The molecule has 1 aromatic heterocycles. The molecular weight excluding hydrogens is 218 g/mol. The van der Waals surface area contributed by atoms with E-state index in [0.29, 0.717) is 6.54 Å². The Morgan fingerprint density at radius 3 is 2.53 bits per heavy atom. The summed E-state index contributed by atoms with van der Waals surface area (Å²) in [5, 5.41) is 13.3. The summed E-state index contributed by atoms with van der Waals surface area (Å²) in [4.78, 5) is 10.8. The number of aromatic nitrogens is 2. The third-order valence-electron chi connectivity index (χ3n) is 2.81. The van der Waals surface area contributed by atoms with Crippen molar-refractivity contribution in [2.45, 2.75) is 38.5 Å². The first-order valence-electron chi connectivity index (χ1n) is 5.72. The van der Waals surface area contributed by atoms with Crippen molar-refractivity contribution < 1.29 is 9.90 Å². The predicted octanol–water partition coefficient (Wildman–Crippen LogP) is 1.23. The van der Waals surface area contributed by atoms with Crippen molar-refractivity contribution in [2.75, 3.05) is 6.54 Å². The molecule has 0 aliphatic carbocycles. The van der Waals surface area contributed by atoms with Crippen molar-refractivity contribution in [1.82, 2.24) is 9.78 Å². The van der Waals surface area contributed by atoms with Gasteiger partial charge in [0.15, 0.2) is 0 Å². The zero-order valence-electron chi connectivity index (χ0n) is 10.9. The number of carboxylic acid groups (broad SMARTS) is 1. The average Bonchev–Trinajstić information content (AvgIpc) is 2.56. The Bertz CT molecular complexity index is 404. The number of aliphatic carboxylic acids is 1. The van der Waals surface area contributed by atoms with Crippen LogP contribution in [0.5, 0.6) is 0 Å². The first-order valence-corrected chi connectivity index (χ1v) is 5.72. The molecule has 0 aromatic carbocycles. The molecule has 5 nitrogen and oxygen atoms in total. The molecule has 0 saturated carbocycles. The van der Waals surface area contributed by atoms with E-state index in [-0.39, 0.29) is 17.8 Å². The Morgan fingerprint density at radius 1 is 1.59 bits per heavy atom. The summed E-state index contributed by atoms with van der Waals surface area (Å²) < 4.78 is 1.74. The zero-order chi connectivity index (χ0) is 13.2. The Balaban J connectivity index is 3.04. The van der Waals surface area contributed by atoms with Crippen LogP contribution in [0.25, 0.3) is 0 Å². The quantitative estimate of drug-likeness (QED) is 0.828. The van der Waals surface area contributed by atoms with Gasteiger partial charge in [0.2, 0.25) is 0 Å². The Hall–Kier alpha value is -1.36. The van der Waals surface area contributed by atoms with Crippen molar-refractivity contribution in [1.29, 1.82) is 0 Å². The van der Waals surface area contributed by atoms with Crippen LogP contribution in [0, 0.1) is 0 Å². The van der Waals surface area contributed by atoms with Crippen LogP contribution in [-0.2, 0) is 17.3 Å². The highest BCUT2D eigenvalue weighted by Gasteiger charge is 2.23. The minimum atomic E-state index is -0.834. The van der Waals surface area contributed by atoms with Crippen LogP contribution < -0.4 is 5.73 Å². The molecule has 1 atom stereocenters. The van der Waals surface area contributed by atoms with E-state index in [1.165, 1.54) is 0 Å². The highest BCUT2D eigenvalue weighted by Crippen LogP contribution is 2.25. The van der Waals surface area contributed by atoms with E-state index in [0.717, 1.165) is 11.4 Å². The zero-order valence-corrected chi connectivity index (χ0v) is 10.9. The standard InChI is InChI=1S/C12H21N3O2/c1-12(2,3)10-6-9(15(4)14-10)8(7-13)5-11(16)17/h6,8H,5,7,13H2,1-4H3,(H,16,17). The van der Waals surface area contributed by atoms with Gasteiger partial charge in [0.1, 0.15) is 0 Å². The van der Waals surface area contributed by atoms with Gasteiger partial charge in [0.25, 0.3) is 0 Å². The molecule has 1 aromatic rings. The predicted molar refractivity (Wildman–Crippen MR) is 66.0 cm³/mol. The second-order valence-electron chi connectivity index (χ2n) is 5.36. The van der Waals surface area contributed by atoms with Gasteiger partial charge in [0.05, 0.1) is 12.1 Å². The molecule has 1 unspecified atom stereocenters. The summed E-state index contributed by atoms with van der Waals surface area (Å²) in [6.07, 6.45) is 0.0413. The lowest BCUT2D eigenvalue weighted by Gasteiger charge is -2.14. The minimum Gasteiger partial charge on any atom is -0.481 e. The van der Waals surface area contributed by atoms with Crippen LogP contribution in [0.15, 0.2) is 6.07 Å². The molecule has 0 radical (unpaired) electrons. The third-order valence-corrected chi connectivity index (χ3v) is 2.81. The summed E-state index contributed by atoms with van der Waals surface area (Å²) in [5.74, 6) is -1.01. The molecule has 0 aliphatic rings. The van der Waals surface area contributed by atoms with Crippen molar-refractivity contribution in [3.63, 3.8) is 0 Å². The molecule has 5 heteroatoms. The molecule has 0 amide bonds. The highest BCUT2D eigenvalue weighted by molar-refractivity contribution is 5.68. The smallest absolute Gasteiger partial charge is 0.304 e. The molecule has 17 heavy (non-hydrogen) atoms. The van der Waals surface area contributed by atoms with Crippen LogP contribution in [0.4, 0.5) is 0 Å². The maximum Gasteiger partial charge on any atom is 0.304 e. The van der Waals surface area contributed by atoms with Gasteiger partial charge in [-0.1, -0.05) is 20.8 Å². The van der Waals surface area contributed by atoms with Crippen LogP contribution >= 0.6 is 0 Å². The van der Waals surface area contributed by atoms with E-state index >= 15 is 0 Å². The molecule has 96 valence electrons. The first kappa shape index (κ1) is 13.7. The fraction of sp³-hybridized carbons (Fsp3) is 0.667. The van der Waals surface area contributed by atoms with Gasteiger partial charge >= 0.3 is 5.97 Å². The van der Waals surface area contributed by atoms with E-state index in [2.05, 4.69) is 25.9 Å². The van der Waals surface area contributed by atoms with Gasteiger partial charge in [0, 0.05) is 30.6 Å². The molecule has 0 aliphatic heterocycles. The SMILES string of the molecule is Cn1nc(C(C)(C)C)cc1C(CN)CC(=O)O. The number of nitrogens with zero attached hydrogens (tertiary/aromatic N) is 2. The fourth-order valence-electron chi connectivity index (χ4n) is 1.75. The number of rotatable bonds is 4. The molecule has 0 bridgehead atoms. The topological polar surface area (TPSA) is 81.1 Å². The summed E-state index contributed by atoms with van der Waals surface area (Å²) in [7, 11) is 1.83. The second kappa shape index (κ2) is 4.87. The summed E-state index contributed by atoms with van der Waals surface area (Å²) in [5.41, 5.74) is 7.44. The maximum absolute atomic E-state index is 10.8. The summed E-state index contributed by atoms with van der Waals surface area (Å²) in [6, 6.07) is 1.96. The van der Waals surface area contributed by atoms with Gasteiger partial charge < -0.3 is 10.8 Å². The molecule has 1 rings (SSSR count). The minimum absolute atomic E-state index is 0.0413. The van der Waals surface area contributed by atoms with Crippen LogP contribution in [0.3, 0.4) is 0 Å². The van der Waals surface area contributed by atoms with Gasteiger partial charge in [-0.15, -0.1) is 0 Å². The van der Waals surface area contributed by atoms with Gasteiger partial charge in [-0.2, -0.15) is 5.10 Å². The van der Waals surface area contributed by atoms with Gasteiger partial charge in [-0.25, -0.2) is 0 Å². The lowest BCUT2D eigenvalue weighted by molar-refractivity contribution is -0.137. The number of hydrogen-bond acceptors (Lipinski definition) is 3. The van der Waals surface area contributed by atoms with Crippen LogP contribution in [0.1, 0.15) is 44.5 Å². The Morgan fingerprint density at radius 2 is 2.18 bits per heavy atom. The fourth-order valence-corrected chi connectivity index (χ4v) is 1.75. The van der Waals surface area contributed by atoms with E-state index in [9.17, 15) is 4.79 Å². The first-order chi connectivity index (χ1) is 7.75. The number of nitrogens with two attached hydrogens (primary N) is 1. The van der Waals surface area contributed by atoms with Gasteiger partial charge in [-0.3, -0.25) is 9.48 Å². The van der Waals surface area contributed by atoms with Crippen molar-refractivity contribution >= 4 is 5.97 Å². The lowest BCUT2D eigenvalue weighted by Crippen LogP contribution is -2.18. The monoisotopic (exact) mass is 239 g/mol. The second-order valence-corrected chi connectivity index (χ2v) is 5.36. The number of hydrogen-bond donors (Lipinski definition) is 2. The van der Waals surface area contributed by atoms with E-state index in [1.54, 1.807) is 4.68 Å². The molecular formula is C12H21N3O2. The Labute approximate surface area is 102 Å². The molecule has 0 fully saturated rings. The third kappa shape index (κ3) is 3.30. The average molecular weight is 239 g/mol. The summed E-state index contributed by atoms with van der Waals surface area (Å²) >= 11 is 0. The van der Waals surface area contributed by atoms with E-state index < -0.39 is 5.97 Å². The van der Waals surface area contributed by atoms with E-state index in [1.807, 2.05) is 13.1 Å². The number of carbonyl (C=O) groups is 1. The molecule has 1 heterocycles. The summed E-state index contributed by atoms with van der Waals surface area (Å²) in [6.45, 7) is 6.55. The van der Waals surface area contributed by atoms with E-state index in [4.69, 9.17) is 10.8 Å². The largest absolute Gasteiger partial charge is 0.481 e.